The van der Waals surface area contributed by atoms with E-state index in [2.05, 4.69) is 14.9 Å². The van der Waals surface area contributed by atoms with Crippen molar-refractivity contribution in [2.75, 3.05) is 4.72 Å². The zero-order chi connectivity index (χ0) is 20.5. The minimum atomic E-state index is -4.43. The van der Waals surface area contributed by atoms with Crippen LogP contribution in [0.15, 0.2) is 47.8 Å². The summed E-state index contributed by atoms with van der Waals surface area (Å²) in [5.74, 6) is 0. The molecular formula is C17H18F3N5O2S. The molecule has 1 aromatic carbocycles. The van der Waals surface area contributed by atoms with E-state index in [1.165, 1.54) is 29.3 Å². The maximum absolute atomic E-state index is 12.8. The number of rotatable bonds is 6. The number of nitrogens with zero attached hydrogens (tertiary/aromatic N) is 4. The molecule has 0 unspecified atom stereocenters. The molecule has 0 radical (unpaired) electrons. The molecule has 3 rings (SSSR count). The molecule has 7 nitrogen and oxygen atoms in total. The van der Waals surface area contributed by atoms with Crippen LogP contribution < -0.4 is 4.72 Å². The number of benzene rings is 1. The average molecular weight is 413 g/mol. The van der Waals surface area contributed by atoms with Gasteiger partial charge in [0.1, 0.15) is 4.90 Å². The highest BCUT2D eigenvalue weighted by Crippen LogP contribution is 2.29. The molecule has 11 heteroatoms. The monoisotopic (exact) mass is 413 g/mol. The molecule has 2 aromatic heterocycles. The lowest BCUT2D eigenvalue weighted by Crippen LogP contribution is -2.13. The third kappa shape index (κ3) is 4.19. The van der Waals surface area contributed by atoms with E-state index in [9.17, 15) is 21.6 Å². The molecule has 0 aliphatic carbocycles. The highest BCUT2D eigenvalue weighted by Gasteiger charge is 2.30. The van der Waals surface area contributed by atoms with Gasteiger partial charge in [0, 0.05) is 12.7 Å². The van der Waals surface area contributed by atoms with Crippen LogP contribution in [0, 0.1) is 6.92 Å². The lowest BCUT2D eigenvalue weighted by molar-refractivity contribution is -0.137. The Hall–Kier alpha value is -2.82. The van der Waals surface area contributed by atoms with E-state index < -0.39 is 21.8 Å². The minimum Gasteiger partial charge on any atom is -0.276 e. The Morgan fingerprint density at radius 1 is 1.18 bits per heavy atom. The summed E-state index contributed by atoms with van der Waals surface area (Å²) in [6.45, 7) is 4.11. The highest BCUT2D eigenvalue weighted by atomic mass is 32.2. The number of hydrogen-bond acceptors (Lipinski definition) is 4. The normalized spacial score (nSPS) is 12.3. The highest BCUT2D eigenvalue weighted by molar-refractivity contribution is 7.92. The summed E-state index contributed by atoms with van der Waals surface area (Å²) in [7, 11) is -3.85. The predicted octanol–water partition coefficient (Wildman–Crippen LogP) is 3.28. The van der Waals surface area contributed by atoms with Crippen LogP contribution in [0.5, 0.6) is 0 Å². The lowest BCUT2D eigenvalue weighted by atomic mass is 10.1. The molecule has 3 aromatic rings. The van der Waals surface area contributed by atoms with E-state index in [1.54, 1.807) is 17.7 Å². The summed E-state index contributed by atoms with van der Waals surface area (Å²) in [5.41, 5.74) is 0.357. The third-order valence-corrected chi connectivity index (χ3v) is 5.62. The zero-order valence-electron chi connectivity index (χ0n) is 15.1. The number of halogens is 3. The fourth-order valence-corrected chi connectivity index (χ4v) is 3.96. The molecule has 0 atom stereocenters. The second kappa shape index (κ2) is 7.30. The molecule has 0 aliphatic rings. The molecule has 1 N–H and O–H groups in total. The topological polar surface area (TPSA) is 81.8 Å². The first kappa shape index (κ1) is 19.9. The first-order chi connectivity index (χ1) is 13.1. The first-order valence-electron chi connectivity index (χ1n) is 8.34. The van der Waals surface area contributed by atoms with Gasteiger partial charge in [-0.15, -0.1) is 0 Å². The van der Waals surface area contributed by atoms with E-state index in [0.29, 0.717) is 17.8 Å². The fourth-order valence-electron chi connectivity index (χ4n) is 2.76. The average Bonchev–Trinajstić information content (AvgIpc) is 3.20. The van der Waals surface area contributed by atoms with Crippen molar-refractivity contribution >= 4 is 15.7 Å². The van der Waals surface area contributed by atoms with Crippen LogP contribution in [-0.2, 0) is 29.3 Å². The van der Waals surface area contributed by atoms with E-state index in [0.717, 1.165) is 12.1 Å². The second-order valence-electron chi connectivity index (χ2n) is 6.14. The van der Waals surface area contributed by atoms with Crippen LogP contribution in [0.3, 0.4) is 0 Å². The quantitative estimate of drug-likeness (QED) is 0.673. The van der Waals surface area contributed by atoms with Gasteiger partial charge >= 0.3 is 6.18 Å². The van der Waals surface area contributed by atoms with Crippen molar-refractivity contribution in [1.29, 1.82) is 0 Å². The van der Waals surface area contributed by atoms with Gasteiger partial charge in [0.15, 0.2) is 0 Å². The Morgan fingerprint density at radius 2 is 1.93 bits per heavy atom. The number of anilines is 1. The van der Waals surface area contributed by atoms with Gasteiger partial charge in [-0.3, -0.25) is 14.1 Å². The molecular weight excluding hydrogens is 395 g/mol. The maximum atomic E-state index is 12.8. The predicted molar refractivity (Wildman–Crippen MR) is 96.2 cm³/mol. The third-order valence-electron chi connectivity index (χ3n) is 4.13. The van der Waals surface area contributed by atoms with Gasteiger partial charge in [-0.2, -0.15) is 23.4 Å². The molecule has 0 spiro atoms. The van der Waals surface area contributed by atoms with Crippen LogP contribution in [0.4, 0.5) is 18.9 Å². The van der Waals surface area contributed by atoms with Gasteiger partial charge in [-0.25, -0.2) is 8.42 Å². The number of aromatic nitrogens is 4. The summed E-state index contributed by atoms with van der Waals surface area (Å²) in [6.07, 6.45) is -0.446. The van der Waals surface area contributed by atoms with Crippen molar-refractivity contribution in [1.82, 2.24) is 19.6 Å². The summed E-state index contributed by atoms with van der Waals surface area (Å²) >= 11 is 0. The number of hydrogen-bond donors (Lipinski definition) is 1. The zero-order valence-corrected chi connectivity index (χ0v) is 15.9. The second-order valence-corrected chi connectivity index (χ2v) is 7.79. The summed E-state index contributed by atoms with van der Waals surface area (Å²) in [5, 5.41) is 8.03. The van der Waals surface area contributed by atoms with Crippen molar-refractivity contribution in [2.45, 2.75) is 38.0 Å². The fraction of sp³-hybridized carbons (Fsp3) is 0.294. The van der Waals surface area contributed by atoms with Gasteiger partial charge < -0.3 is 0 Å². The Morgan fingerprint density at radius 3 is 2.57 bits per heavy atom. The van der Waals surface area contributed by atoms with Crippen molar-refractivity contribution in [3.63, 3.8) is 0 Å². The molecule has 28 heavy (non-hydrogen) atoms. The molecule has 150 valence electrons. The molecule has 0 bridgehead atoms. The van der Waals surface area contributed by atoms with Gasteiger partial charge in [0.25, 0.3) is 10.0 Å². The lowest BCUT2D eigenvalue weighted by Gasteiger charge is -2.09. The molecule has 0 aliphatic heterocycles. The van der Waals surface area contributed by atoms with E-state index in [-0.39, 0.29) is 17.1 Å². The van der Waals surface area contributed by atoms with Crippen LogP contribution in [0.1, 0.15) is 23.7 Å². The Bertz CT molecular complexity index is 1090. The van der Waals surface area contributed by atoms with Crippen molar-refractivity contribution < 1.29 is 21.6 Å². The van der Waals surface area contributed by atoms with Crippen LogP contribution in [0.2, 0.25) is 0 Å². The smallest absolute Gasteiger partial charge is 0.276 e. The van der Waals surface area contributed by atoms with Gasteiger partial charge in [-0.1, -0.05) is 12.1 Å². The molecule has 0 fully saturated rings. The molecule has 0 saturated carbocycles. The van der Waals surface area contributed by atoms with Gasteiger partial charge in [0.2, 0.25) is 0 Å². The van der Waals surface area contributed by atoms with Crippen LogP contribution in [0.25, 0.3) is 0 Å². The largest absolute Gasteiger partial charge is 0.416 e. The Kier molecular flexibility index (Phi) is 5.20. The van der Waals surface area contributed by atoms with Crippen molar-refractivity contribution in [3.05, 3.63) is 59.7 Å². The van der Waals surface area contributed by atoms with E-state index in [1.807, 2.05) is 6.92 Å². The maximum Gasteiger partial charge on any atom is 0.416 e. The van der Waals surface area contributed by atoms with Gasteiger partial charge in [0.05, 0.1) is 35.9 Å². The van der Waals surface area contributed by atoms with E-state index >= 15 is 0 Å². The summed E-state index contributed by atoms with van der Waals surface area (Å²) in [4.78, 5) is 0.0555. The Balaban J connectivity index is 1.76. The molecule has 2 heterocycles. The minimum absolute atomic E-state index is 0.0555. The molecule has 0 saturated heterocycles. The summed E-state index contributed by atoms with van der Waals surface area (Å²) in [6, 6.07) is 4.89. The Labute approximate surface area is 159 Å². The number of sulfonamides is 1. The van der Waals surface area contributed by atoms with Crippen LogP contribution >= 0.6 is 0 Å². The van der Waals surface area contributed by atoms with E-state index in [4.69, 9.17) is 0 Å². The van der Waals surface area contributed by atoms with Crippen LogP contribution in [-0.4, -0.2) is 28.0 Å². The van der Waals surface area contributed by atoms with Crippen molar-refractivity contribution in [3.8, 4) is 0 Å². The summed E-state index contributed by atoms with van der Waals surface area (Å²) < 4.78 is 68.9. The SMILES string of the molecule is CCn1ncc(S(=O)(=O)Nc2cnn(Cc3cccc(C(F)(F)F)c3)c2)c1C. The number of alkyl halides is 3. The first-order valence-corrected chi connectivity index (χ1v) is 9.82. The number of nitrogens with one attached hydrogen (secondary N) is 1. The number of aryl methyl sites for hydroxylation is 1. The standard InChI is InChI=1S/C17H18F3N5O2S/c1-3-25-12(2)16(9-22-25)28(26,27)23-15-8-21-24(11-15)10-13-5-4-6-14(7-13)17(18,19)20/h4-9,11,23H,3,10H2,1-2H3. The van der Waals surface area contributed by atoms with Crippen molar-refractivity contribution in [2.24, 2.45) is 0 Å². The molecule has 0 amide bonds. The van der Waals surface area contributed by atoms with Gasteiger partial charge in [-0.05, 0) is 31.5 Å².